The Morgan fingerprint density at radius 3 is 2.80 bits per heavy atom. The number of benzene rings is 1. The van der Waals surface area contributed by atoms with Crippen LogP contribution in [0.3, 0.4) is 0 Å². The molecule has 0 N–H and O–H groups in total. The van der Waals surface area contributed by atoms with Gasteiger partial charge in [-0.2, -0.15) is 0 Å². The van der Waals surface area contributed by atoms with Crippen molar-refractivity contribution < 1.29 is 4.79 Å². The van der Waals surface area contributed by atoms with E-state index in [1.165, 1.54) is 5.56 Å². The zero-order chi connectivity index (χ0) is 10.7. The van der Waals surface area contributed by atoms with E-state index in [2.05, 4.69) is 22.0 Å². The highest BCUT2D eigenvalue weighted by Gasteiger charge is 2.18. The second kappa shape index (κ2) is 4.79. The maximum atomic E-state index is 11.6. The zero-order valence-corrected chi connectivity index (χ0v) is 10.2. The summed E-state index contributed by atoms with van der Waals surface area (Å²) in [5.41, 5.74) is 1.19. The second-order valence-corrected chi connectivity index (χ2v) is 4.72. The van der Waals surface area contributed by atoms with Crippen molar-refractivity contribution in [2.45, 2.75) is 25.8 Å². The summed E-state index contributed by atoms with van der Waals surface area (Å²) in [6.07, 6.45) is 2.89. The number of likely N-dealkylation sites (tertiary alicyclic amines) is 1. The average molecular weight is 268 g/mol. The highest BCUT2D eigenvalue weighted by Crippen LogP contribution is 2.20. The van der Waals surface area contributed by atoms with Gasteiger partial charge in [0.2, 0.25) is 5.91 Å². The fraction of sp³-hybridized carbons (Fsp3) is 0.417. The molecule has 0 spiro atoms. The predicted octanol–water partition coefficient (Wildman–Crippen LogP) is 2.96. The van der Waals surface area contributed by atoms with Crippen molar-refractivity contribution in [3.8, 4) is 0 Å². The van der Waals surface area contributed by atoms with Gasteiger partial charge in [0.1, 0.15) is 0 Å². The lowest BCUT2D eigenvalue weighted by molar-refractivity contribution is -0.133. The summed E-state index contributed by atoms with van der Waals surface area (Å²) in [5.74, 6) is 0.289. The molecule has 1 amide bonds. The van der Waals surface area contributed by atoms with Gasteiger partial charge in [-0.05, 0) is 24.5 Å². The number of hydrogen-bond donors (Lipinski definition) is 0. The molecule has 0 aliphatic carbocycles. The lowest BCUT2D eigenvalue weighted by Crippen LogP contribution is -2.34. The van der Waals surface area contributed by atoms with E-state index in [1.807, 2.05) is 23.1 Å². The summed E-state index contributed by atoms with van der Waals surface area (Å²) in [5, 5.41) is 0. The third kappa shape index (κ3) is 2.59. The molecule has 80 valence electrons. The number of carbonyl (C=O) groups is 1. The molecule has 1 heterocycles. The number of piperidine rings is 1. The van der Waals surface area contributed by atoms with E-state index in [9.17, 15) is 4.79 Å². The van der Waals surface area contributed by atoms with E-state index < -0.39 is 0 Å². The molecule has 15 heavy (non-hydrogen) atoms. The van der Waals surface area contributed by atoms with Crippen LogP contribution >= 0.6 is 15.9 Å². The Labute approximate surface area is 98.4 Å². The molecule has 1 aliphatic rings. The maximum Gasteiger partial charge on any atom is 0.222 e. The van der Waals surface area contributed by atoms with Gasteiger partial charge in [-0.1, -0.05) is 34.1 Å². The van der Waals surface area contributed by atoms with Crippen LogP contribution < -0.4 is 0 Å². The van der Waals surface area contributed by atoms with Crippen molar-refractivity contribution in [2.75, 3.05) is 6.54 Å². The number of rotatable bonds is 2. The Bertz CT molecular complexity index is 364. The van der Waals surface area contributed by atoms with Crippen molar-refractivity contribution in [2.24, 2.45) is 0 Å². The highest BCUT2D eigenvalue weighted by atomic mass is 79.9. The zero-order valence-electron chi connectivity index (χ0n) is 8.58. The van der Waals surface area contributed by atoms with Gasteiger partial charge >= 0.3 is 0 Å². The molecule has 1 aromatic carbocycles. The first-order valence-corrected chi connectivity index (χ1v) is 6.08. The van der Waals surface area contributed by atoms with Crippen molar-refractivity contribution in [3.05, 3.63) is 34.3 Å². The van der Waals surface area contributed by atoms with Crippen LogP contribution in [-0.2, 0) is 11.3 Å². The number of hydrogen-bond acceptors (Lipinski definition) is 1. The van der Waals surface area contributed by atoms with Gasteiger partial charge in [-0.15, -0.1) is 0 Å². The molecule has 0 saturated carbocycles. The lowest BCUT2D eigenvalue weighted by atomic mass is 10.1. The summed E-state index contributed by atoms with van der Waals surface area (Å²) < 4.78 is 1.09. The highest BCUT2D eigenvalue weighted by molar-refractivity contribution is 9.10. The van der Waals surface area contributed by atoms with Gasteiger partial charge in [-0.3, -0.25) is 4.79 Å². The maximum absolute atomic E-state index is 11.6. The Morgan fingerprint density at radius 2 is 2.07 bits per heavy atom. The normalized spacial score (nSPS) is 16.9. The third-order valence-corrected chi connectivity index (χ3v) is 3.51. The first-order valence-electron chi connectivity index (χ1n) is 5.28. The van der Waals surface area contributed by atoms with Gasteiger partial charge < -0.3 is 4.90 Å². The average Bonchev–Trinajstić information content (AvgIpc) is 2.24. The van der Waals surface area contributed by atoms with Crippen LogP contribution in [0, 0.1) is 0 Å². The Balaban J connectivity index is 2.08. The minimum absolute atomic E-state index is 0.289. The van der Waals surface area contributed by atoms with E-state index >= 15 is 0 Å². The standard InChI is InChI=1S/C12H14BrNO/c13-11-6-2-1-5-10(11)9-14-8-4-3-7-12(14)15/h1-2,5-6H,3-4,7-9H2. The molecule has 0 bridgehead atoms. The van der Waals surface area contributed by atoms with Gasteiger partial charge in [0.15, 0.2) is 0 Å². The van der Waals surface area contributed by atoms with Gasteiger partial charge in [-0.25, -0.2) is 0 Å². The van der Waals surface area contributed by atoms with Crippen LogP contribution in [-0.4, -0.2) is 17.4 Å². The number of nitrogens with zero attached hydrogens (tertiary/aromatic N) is 1. The molecular formula is C12H14BrNO. The van der Waals surface area contributed by atoms with Crippen LogP contribution in [0.5, 0.6) is 0 Å². The third-order valence-electron chi connectivity index (χ3n) is 2.74. The van der Waals surface area contributed by atoms with E-state index in [4.69, 9.17) is 0 Å². The molecular weight excluding hydrogens is 254 g/mol. The van der Waals surface area contributed by atoms with E-state index in [1.54, 1.807) is 0 Å². The predicted molar refractivity (Wildman–Crippen MR) is 63.4 cm³/mol. The van der Waals surface area contributed by atoms with Gasteiger partial charge in [0, 0.05) is 24.0 Å². The molecule has 0 atom stereocenters. The van der Waals surface area contributed by atoms with Crippen molar-refractivity contribution in [1.29, 1.82) is 0 Å². The largest absolute Gasteiger partial charge is 0.338 e. The number of halogens is 1. The van der Waals surface area contributed by atoms with Crippen LogP contribution in [0.2, 0.25) is 0 Å². The van der Waals surface area contributed by atoms with Crippen LogP contribution in [0.15, 0.2) is 28.7 Å². The van der Waals surface area contributed by atoms with Gasteiger partial charge in [0.25, 0.3) is 0 Å². The molecule has 2 rings (SSSR count). The quantitative estimate of drug-likeness (QED) is 0.807. The molecule has 3 heteroatoms. The van der Waals surface area contributed by atoms with Crippen LogP contribution in [0.1, 0.15) is 24.8 Å². The van der Waals surface area contributed by atoms with Crippen LogP contribution in [0.25, 0.3) is 0 Å². The summed E-state index contributed by atoms with van der Waals surface area (Å²) in [4.78, 5) is 13.6. The SMILES string of the molecule is O=C1CCCCN1Cc1ccccc1Br. The fourth-order valence-electron chi connectivity index (χ4n) is 1.86. The summed E-state index contributed by atoms with van der Waals surface area (Å²) in [6.45, 7) is 1.64. The summed E-state index contributed by atoms with van der Waals surface area (Å²) in [6, 6.07) is 8.08. The van der Waals surface area contributed by atoms with Crippen LogP contribution in [0.4, 0.5) is 0 Å². The first kappa shape index (κ1) is 10.7. The fourth-order valence-corrected chi connectivity index (χ4v) is 2.27. The number of amides is 1. The van der Waals surface area contributed by atoms with E-state index in [0.717, 1.165) is 30.4 Å². The van der Waals surface area contributed by atoms with Crippen molar-refractivity contribution in [1.82, 2.24) is 4.90 Å². The Hall–Kier alpha value is -0.830. The molecule has 1 aliphatic heterocycles. The molecule has 0 radical (unpaired) electrons. The number of carbonyl (C=O) groups excluding carboxylic acids is 1. The smallest absolute Gasteiger partial charge is 0.222 e. The van der Waals surface area contributed by atoms with E-state index in [0.29, 0.717) is 6.42 Å². The van der Waals surface area contributed by atoms with Crippen molar-refractivity contribution in [3.63, 3.8) is 0 Å². The first-order chi connectivity index (χ1) is 7.27. The Kier molecular flexibility index (Phi) is 3.41. The summed E-state index contributed by atoms with van der Waals surface area (Å²) >= 11 is 3.51. The monoisotopic (exact) mass is 267 g/mol. The molecule has 0 aromatic heterocycles. The molecule has 0 unspecified atom stereocenters. The summed E-state index contributed by atoms with van der Waals surface area (Å²) in [7, 11) is 0. The van der Waals surface area contributed by atoms with Gasteiger partial charge in [0.05, 0.1) is 0 Å². The molecule has 1 fully saturated rings. The van der Waals surface area contributed by atoms with E-state index in [-0.39, 0.29) is 5.91 Å². The molecule has 1 saturated heterocycles. The minimum Gasteiger partial charge on any atom is -0.338 e. The minimum atomic E-state index is 0.289. The Morgan fingerprint density at radius 1 is 1.27 bits per heavy atom. The second-order valence-electron chi connectivity index (χ2n) is 3.86. The van der Waals surface area contributed by atoms with Crippen molar-refractivity contribution >= 4 is 21.8 Å². The lowest BCUT2D eigenvalue weighted by Gasteiger charge is -2.27. The molecule has 2 nitrogen and oxygen atoms in total. The topological polar surface area (TPSA) is 20.3 Å². The molecule has 1 aromatic rings.